The van der Waals surface area contributed by atoms with Crippen molar-refractivity contribution < 1.29 is 32.3 Å². The van der Waals surface area contributed by atoms with Crippen LogP contribution in [0.15, 0.2) is 47.7 Å². The van der Waals surface area contributed by atoms with Crippen LogP contribution < -0.4 is 26.1 Å². The Morgan fingerprint density at radius 1 is 1.05 bits per heavy atom. The van der Waals surface area contributed by atoms with E-state index in [9.17, 15) is 28.0 Å². The number of imide groups is 1. The summed E-state index contributed by atoms with van der Waals surface area (Å²) in [5, 5.41) is 13.5. The number of amides is 3. The normalized spacial score (nSPS) is 25.0. The van der Waals surface area contributed by atoms with Crippen molar-refractivity contribution in [1.29, 1.82) is 0 Å². The van der Waals surface area contributed by atoms with Gasteiger partial charge >= 0.3 is 5.69 Å². The van der Waals surface area contributed by atoms with Gasteiger partial charge in [0.25, 0.3) is 12.3 Å². The van der Waals surface area contributed by atoms with Crippen molar-refractivity contribution in [3.63, 3.8) is 0 Å². The lowest BCUT2D eigenvalue weighted by Gasteiger charge is -2.42. The third-order valence-electron chi connectivity index (χ3n) is 13.1. The van der Waals surface area contributed by atoms with Crippen LogP contribution in [0.25, 0.3) is 16.7 Å². The van der Waals surface area contributed by atoms with E-state index in [1.54, 1.807) is 30.1 Å². The molecule has 3 saturated heterocycles. The van der Waals surface area contributed by atoms with E-state index >= 15 is 4.39 Å². The Morgan fingerprint density at radius 2 is 1.85 bits per heavy atom. The molecular formula is C42H51F3N12O5. The average Bonchev–Trinajstić information content (AvgIpc) is 3.95. The van der Waals surface area contributed by atoms with E-state index in [0.717, 1.165) is 12.8 Å². The molecular weight excluding hydrogens is 810 g/mol. The number of benzene rings is 1. The zero-order valence-corrected chi connectivity index (χ0v) is 34.9. The molecule has 62 heavy (non-hydrogen) atoms. The number of anilines is 3. The first-order valence-electron chi connectivity index (χ1n) is 21.4. The van der Waals surface area contributed by atoms with Gasteiger partial charge in [-0.25, -0.2) is 27.5 Å². The number of halogens is 3. The highest BCUT2D eigenvalue weighted by molar-refractivity contribution is 6.08. The molecule has 4 aromatic heterocycles. The maximum Gasteiger partial charge on any atom is 0.329 e. The summed E-state index contributed by atoms with van der Waals surface area (Å²) in [7, 11) is 3.59. The molecule has 4 aliphatic rings. The molecule has 1 aromatic carbocycles. The first-order valence-corrected chi connectivity index (χ1v) is 21.4. The molecule has 17 nitrogen and oxygen atoms in total. The molecule has 0 bridgehead atoms. The van der Waals surface area contributed by atoms with Crippen LogP contribution >= 0.6 is 0 Å². The zero-order chi connectivity index (χ0) is 43.4. The molecule has 330 valence electrons. The number of fused-ring (bicyclic) bond motifs is 2. The Hall–Kier alpha value is -5.76. The second kappa shape index (κ2) is 16.8. The van der Waals surface area contributed by atoms with Crippen LogP contribution in [0, 0.1) is 5.92 Å². The predicted octanol–water partition coefficient (Wildman–Crippen LogP) is 4.25. The lowest BCUT2D eigenvalue weighted by molar-refractivity contribution is -0.135. The number of alkyl halides is 3. The van der Waals surface area contributed by atoms with Crippen LogP contribution in [0.1, 0.15) is 86.4 Å². The average molecular weight is 861 g/mol. The number of morpholine rings is 1. The molecule has 7 heterocycles. The highest BCUT2D eigenvalue weighted by atomic mass is 19.3. The van der Waals surface area contributed by atoms with Crippen LogP contribution in [0.2, 0.25) is 0 Å². The van der Waals surface area contributed by atoms with Crippen molar-refractivity contribution in [3.8, 4) is 0 Å². The van der Waals surface area contributed by atoms with E-state index < -0.39 is 36.1 Å². The van der Waals surface area contributed by atoms with E-state index in [4.69, 9.17) is 4.74 Å². The number of piperidine rings is 2. The Labute approximate surface area is 354 Å². The summed E-state index contributed by atoms with van der Waals surface area (Å²) >= 11 is 0. The summed E-state index contributed by atoms with van der Waals surface area (Å²) in [6, 6.07) is 6.00. The van der Waals surface area contributed by atoms with E-state index in [-0.39, 0.29) is 66.3 Å². The van der Waals surface area contributed by atoms with Crippen LogP contribution in [-0.4, -0.2) is 121 Å². The summed E-state index contributed by atoms with van der Waals surface area (Å²) in [4.78, 5) is 62.3. The number of para-hydroxylation sites is 1. The number of nitrogens with one attached hydrogen (secondary N) is 2. The van der Waals surface area contributed by atoms with E-state index in [2.05, 4.69) is 35.6 Å². The monoisotopic (exact) mass is 860 g/mol. The number of hydrogen-bond donors (Lipinski definition) is 2. The standard InChI is InChI=1S/C42H51F3N12O5/c1-24-20-54(17-18-62-24)34-14-16-55-39(48-34)27(19-46-55)40(59)47-29-23-56(50-36(29)38(44)45)26-9-7-25(8-10-26)21-51(2)30-13-15-53(22-28(30)43)31-5-4-6-32-37(31)52(3)42(61)57(32)33-11-12-35(58)49-41(33)60/h4-6,14,16,19,23-26,28,30,33,38H,7-13,15,17-18,20-22H2,1-3H3,(H,47,59)(H,49,58,60)/t24-,25?,26?,28-,30-,33?/m0/s1. The SMILES string of the molecule is C[C@H]1CN(c2ccn3ncc(C(=O)Nc4cn(C5CCC(CN(C)[C@H]6CCN(c7cccc8c7n(C)c(=O)n8C7CCC(=O)NC7=O)C[C@@H]6F)CC5)nc4C(F)F)c3n2)CCO1. The Morgan fingerprint density at radius 3 is 2.60 bits per heavy atom. The number of ether oxygens (including phenoxy) is 1. The van der Waals surface area contributed by atoms with Gasteiger partial charge in [0.15, 0.2) is 11.3 Å². The highest BCUT2D eigenvalue weighted by Gasteiger charge is 2.37. The summed E-state index contributed by atoms with van der Waals surface area (Å²) < 4.78 is 56.4. The Kier molecular flexibility index (Phi) is 11.3. The van der Waals surface area contributed by atoms with Crippen LogP contribution in [0.5, 0.6) is 0 Å². The van der Waals surface area contributed by atoms with Gasteiger partial charge in [-0.15, -0.1) is 0 Å². The van der Waals surface area contributed by atoms with Crippen LogP contribution in [0.3, 0.4) is 0 Å². The second-order valence-corrected chi connectivity index (χ2v) is 17.2. The molecule has 3 amide bonds. The van der Waals surface area contributed by atoms with Gasteiger partial charge in [-0.05, 0) is 76.6 Å². The lowest BCUT2D eigenvalue weighted by Crippen LogP contribution is -2.52. The smallest absolute Gasteiger partial charge is 0.329 e. The zero-order valence-electron chi connectivity index (χ0n) is 34.9. The molecule has 1 unspecified atom stereocenters. The van der Waals surface area contributed by atoms with E-state index in [0.29, 0.717) is 80.2 Å². The van der Waals surface area contributed by atoms with Gasteiger partial charge < -0.3 is 24.8 Å². The number of aromatic nitrogens is 7. The van der Waals surface area contributed by atoms with Gasteiger partial charge in [0.1, 0.15) is 23.6 Å². The number of hydrogen-bond acceptors (Lipinski definition) is 11. The van der Waals surface area contributed by atoms with Crippen LogP contribution in [0.4, 0.5) is 30.4 Å². The first kappa shape index (κ1) is 41.6. The van der Waals surface area contributed by atoms with E-state index in [1.807, 2.05) is 31.0 Å². The number of rotatable bonds is 10. The second-order valence-electron chi connectivity index (χ2n) is 17.2. The molecule has 4 fully saturated rings. The number of imidazole rings is 1. The molecule has 9 rings (SSSR count). The number of carbonyl (C=O) groups excluding carboxylic acids is 3. The summed E-state index contributed by atoms with van der Waals surface area (Å²) in [6.07, 6.45) is 4.43. The fourth-order valence-corrected chi connectivity index (χ4v) is 9.91. The summed E-state index contributed by atoms with van der Waals surface area (Å²) in [6.45, 7) is 5.20. The van der Waals surface area contributed by atoms with Crippen molar-refractivity contribution in [2.45, 2.75) is 88.7 Å². The minimum atomic E-state index is -2.91. The molecule has 20 heteroatoms. The fraction of sp³-hybridized carbons (Fsp3) is 0.548. The van der Waals surface area contributed by atoms with Crippen molar-refractivity contribution in [1.82, 2.24) is 43.7 Å². The van der Waals surface area contributed by atoms with E-state index in [1.165, 1.54) is 26.0 Å². The Balaban J connectivity index is 0.814. The van der Waals surface area contributed by atoms with Crippen molar-refractivity contribution in [2.75, 3.05) is 61.5 Å². The van der Waals surface area contributed by atoms with Gasteiger partial charge in [0.05, 0.1) is 53.9 Å². The third-order valence-corrected chi connectivity index (χ3v) is 13.1. The number of carbonyl (C=O) groups is 3. The molecule has 0 spiro atoms. The number of nitrogens with zero attached hydrogens (tertiary/aromatic N) is 10. The highest BCUT2D eigenvalue weighted by Crippen LogP contribution is 2.37. The molecule has 4 atom stereocenters. The van der Waals surface area contributed by atoms with Crippen molar-refractivity contribution in [3.05, 3.63) is 64.6 Å². The molecule has 1 saturated carbocycles. The molecule has 3 aliphatic heterocycles. The minimum absolute atomic E-state index is 0.0284. The maximum atomic E-state index is 16.1. The molecule has 2 N–H and O–H groups in total. The molecule has 1 aliphatic carbocycles. The maximum absolute atomic E-state index is 16.1. The fourth-order valence-electron chi connectivity index (χ4n) is 9.91. The molecule has 5 aromatic rings. The quantitative estimate of drug-likeness (QED) is 0.193. The van der Waals surface area contributed by atoms with Gasteiger partial charge in [-0.2, -0.15) is 10.2 Å². The first-order chi connectivity index (χ1) is 29.8. The van der Waals surface area contributed by atoms with Gasteiger partial charge in [-0.3, -0.25) is 33.5 Å². The van der Waals surface area contributed by atoms with Gasteiger partial charge in [-0.1, -0.05) is 6.07 Å². The van der Waals surface area contributed by atoms with Gasteiger partial charge in [0, 0.05) is 58.1 Å². The Bertz CT molecular complexity index is 2560. The summed E-state index contributed by atoms with van der Waals surface area (Å²) in [5.74, 6) is -0.541. The van der Waals surface area contributed by atoms with Crippen molar-refractivity contribution >= 4 is 51.6 Å². The lowest BCUT2D eigenvalue weighted by atomic mass is 9.85. The third kappa shape index (κ3) is 7.82. The van der Waals surface area contributed by atoms with Gasteiger partial charge in [0.2, 0.25) is 11.8 Å². The molecule has 0 radical (unpaired) electrons. The predicted molar refractivity (Wildman–Crippen MR) is 223 cm³/mol. The summed E-state index contributed by atoms with van der Waals surface area (Å²) in [5.41, 5.74) is 1.41. The van der Waals surface area contributed by atoms with Crippen LogP contribution in [-0.2, 0) is 21.4 Å². The van der Waals surface area contributed by atoms with Crippen molar-refractivity contribution in [2.24, 2.45) is 13.0 Å². The number of aryl methyl sites for hydroxylation is 1. The largest absolute Gasteiger partial charge is 0.375 e. The topological polar surface area (TPSA) is 169 Å². The minimum Gasteiger partial charge on any atom is -0.375 e.